The molecule has 0 aliphatic carbocycles. The molecular formula is C19H26N8O. The molecule has 1 aliphatic heterocycles. The lowest BCUT2D eigenvalue weighted by atomic mass is 9.92. The van der Waals surface area contributed by atoms with Gasteiger partial charge in [0.1, 0.15) is 0 Å². The van der Waals surface area contributed by atoms with Crippen LogP contribution < -0.4 is 10.5 Å². The van der Waals surface area contributed by atoms with Crippen LogP contribution in [0.1, 0.15) is 32.3 Å². The van der Waals surface area contributed by atoms with Gasteiger partial charge < -0.3 is 9.47 Å². The summed E-state index contributed by atoms with van der Waals surface area (Å²) < 4.78 is 3.28. The minimum absolute atomic E-state index is 0.00521. The zero-order chi connectivity index (χ0) is 20.1. The molecule has 9 nitrogen and oxygen atoms in total. The molecule has 4 heterocycles. The minimum Gasteiger partial charge on any atom is -0.352 e. The topological polar surface area (TPSA) is 84.5 Å². The van der Waals surface area contributed by atoms with Crippen LogP contribution in [0.4, 0.5) is 5.82 Å². The van der Waals surface area contributed by atoms with E-state index in [4.69, 9.17) is 0 Å². The average Bonchev–Trinajstić information content (AvgIpc) is 3.00. The standard InChI is InChI=1S/C19H26N8O/c1-19(2,3)14-6-7-15(21-20-14)26-10-13(11-26)25(5)12-16-22-23-17-18(28)24(4)8-9-27(16)17/h6-9,13H,10-12H2,1-5H3. The Balaban J connectivity index is 1.40. The molecule has 0 spiro atoms. The summed E-state index contributed by atoms with van der Waals surface area (Å²) >= 11 is 0. The Hall–Kier alpha value is -2.81. The number of aromatic nitrogens is 6. The first-order valence-electron chi connectivity index (χ1n) is 9.42. The molecular weight excluding hydrogens is 356 g/mol. The minimum atomic E-state index is -0.143. The van der Waals surface area contributed by atoms with Gasteiger partial charge in [-0.15, -0.1) is 15.3 Å². The molecule has 4 rings (SSSR count). The SMILES string of the molecule is CN(Cc1nnc2c(=O)n(C)ccn12)C1CN(c2ccc(C(C)(C)C)nn2)C1. The van der Waals surface area contributed by atoms with E-state index in [9.17, 15) is 4.79 Å². The Morgan fingerprint density at radius 1 is 1.11 bits per heavy atom. The first kappa shape index (κ1) is 18.5. The number of hydrogen-bond acceptors (Lipinski definition) is 7. The van der Waals surface area contributed by atoms with Crippen molar-refractivity contribution in [3.05, 3.63) is 46.4 Å². The van der Waals surface area contributed by atoms with E-state index < -0.39 is 0 Å². The van der Waals surface area contributed by atoms with Gasteiger partial charge >= 0.3 is 0 Å². The van der Waals surface area contributed by atoms with Crippen molar-refractivity contribution in [2.45, 2.75) is 38.8 Å². The van der Waals surface area contributed by atoms with Gasteiger partial charge in [0.05, 0.1) is 12.2 Å². The molecule has 0 amide bonds. The fourth-order valence-electron chi connectivity index (χ4n) is 3.29. The molecule has 0 radical (unpaired) electrons. The largest absolute Gasteiger partial charge is 0.352 e. The number of fused-ring (bicyclic) bond motifs is 1. The maximum Gasteiger partial charge on any atom is 0.295 e. The molecule has 28 heavy (non-hydrogen) atoms. The molecule has 0 saturated carbocycles. The zero-order valence-corrected chi connectivity index (χ0v) is 17.0. The summed E-state index contributed by atoms with van der Waals surface area (Å²) in [5, 5.41) is 17.0. The van der Waals surface area contributed by atoms with E-state index in [0.29, 0.717) is 18.2 Å². The Morgan fingerprint density at radius 2 is 1.86 bits per heavy atom. The van der Waals surface area contributed by atoms with Crippen LogP contribution in [0.25, 0.3) is 5.65 Å². The van der Waals surface area contributed by atoms with Crippen LogP contribution in [0.5, 0.6) is 0 Å². The van der Waals surface area contributed by atoms with E-state index in [1.807, 2.05) is 12.3 Å². The lowest BCUT2D eigenvalue weighted by molar-refractivity contribution is 0.192. The molecule has 148 valence electrons. The third kappa shape index (κ3) is 3.26. The third-order valence-corrected chi connectivity index (χ3v) is 5.34. The van der Waals surface area contributed by atoms with Crippen LogP contribution in [0.3, 0.4) is 0 Å². The van der Waals surface area contributed by atoms with Crippen LogP contribution in [-0.4, -0.2) is 60.4 Å². The van der Waals surface area contributed by atoms with Crippen LogP contribution in [0.15, 0.2) is 29.3 Å². The second kappa shape index (κ2) is 6.66. The highest BCUT2D eigenvalue weighted by Gasteiger charge is 2.32. The van der Waals surface area contributed by atoms with Gasteiger partial charge in [0.15, 0.2) is 11.6 Å². The van der Waals surface area contributed by atoms with Crippen molar-refractivity contribution in [2.75, 3.05) is 25.0 Å². The van der Waals surface area contributed by atoms with Crippen molar-refractivity contribution in [1.82, 2.24) is 34.3 Å². The molecule has 1 fully saturated rings. The second-order valence-corrected chi connectivity index (χ2v) is 8.52. The first-order chi connectivity index (χ1) is 13.2. The molecule has 9 heteroatoms. The van der Waals surface area contributed by atoms with Gasteiger partial charge in [-0.2, -0.15) is 5.10 Å². The molecule has 0 bridgehead atoms. The molecule has 0 N–H and O–H groups in total. The first-order valence-corrected chi connectivity index (χ1v) is 9.42. The maximum atomic E-state index is 12.1. The van der Waals surface area contributed by atoms with Gasteiger partial charge in [-0.1, -0.05) is 20.8 Å². The van der Waals surface area contributed by atoms with Gasteiger partial charge in [-0.3, -0.25) is 14.1 Å². The molecule has 1 saturated heterocycles. The molecule has 0 aromatic carbocycles. The smallest absolute Gasteiger partial charge is 0.295 e. The van der Waals surface area contributed by atoms with E-state index in [0.717, 1.165) is 30.4 Å². The number of aryl methyl sites for hydroxylation is 1. The Kier molecular flexibility index (Phi) is 4.41. The van der Waals surface area contributed by atoms with Crippen molar-refractivity contribution < 1.29 is 0 Å². The zero-order valence-electron chi connectivity index (χ0n) is 17.0. The molecule has 3 aromatic heterocycles. The van der Waals surface area contributed by atoms with E-state index in [1.165, 1.54) is 4.57 Å². The highest BCUT2D eigenvalue weighted by Crippen LogP contribution is 2.24. The van der Waals surface area contributed by atoms with Crippen LogP contribution in [0.2, 0.25) is 0 Å². The van der Waals surface area contributed by atoms with Crippen molar-refractivity contribution in [1.29, 1.82) is 0 Å². The van der Waals surface area contributed by atoms with E-state index in [2.05, 4.69) is 64.1 Å². The quantitative estimate of drug-likeness (QED) is 0.661. The predicted molar refractivity (Wildman–Crippen MR) is 106 cm³/mol. The summed E-state index contributed by atoms with van der Waals surface area (Å²) in [6, 6.07) is 4.50. The summed E-state index contributed by atoms with van der Waals surface area (Å²) in [6.07, 6.45) is 3.56. The van der Waals surface area contributed by atoms with Gasteiger partial charge in [-0.05, 0) is 19.2 Å². The van der Waals surface area contributed by atoms with Gasteiger partial charge in [-0.25, -0.2) is 0 Å². The van der Waals surface area contributed by atoms with E-state index in [-0.39, 0.29) is 11.0 Å². The number of rotatable bonds is 4. The number of likely N-dealkylation sites (N-methyl/N-ethyl adjacent to an activating group) is 1. The fraction of sp³-hybridized carbons (Fsp3) is 0.526. The summed E-state index contributed by atoms with van der Waals surface area (Å²) in [4.78, 5) is 16.6. The highest BCUT2D eigenvalue weighted by molar-refractivity contribution is 5.42. The van der Waals surface area contributed by atoms with Gasteiger partial charge in [0, 0.05) is 44.0 Å². The summed E-state index contributed by atoms with van der Waals surface area (Å²) in [6.45, 7) is 8.80. The summed E-state index contributed by atoms with van der Waals surface area (Å²) in [7, 11) is 3.78. The Morgan fingerprint density at radius 3 is 2.50 bits per heavy atom. The molecule has 0 unspecified atom stereocenters. The van der Waals surface area contributed by atoms with Crippen molar-refractivity contribution >= 4 is 11.5 Å². The second-order valence-electron chi connectivity index (χ2n) is 8.52. The van der Waals surface area contributed by atoms with E-state index >= 15 is 0 Å². The molecule has 3 aromatic rings. The van der Waals surface area contributed by atoms with Crippen molar-refractivity contribution in [2.24, 2.45) is 7.05 Å². The lowest BCUT2D eigenvalue weighted by Gasteiger charge is -2.44. The Bertz CT molecular complexity index is 1040. The number of nitrogens with zero attached hydrogens (tertiary/aromatic N) is 8. The maximum absolute atomic E-state index is 12.1. The van der Waals surface area contributed by atoms with Gasteiger partial charge in [0.25, 0.3) is 5.56 Å². The van der Waals surface area contributed by atoms with Crippen LogP contribution in [-0.2, 0) is 19.0 Å². The molecule has 0 atom stereocenters. The Labute approximate surface area is 163 Å². The highest BCUT2D eigenvalue weighted by atomic mass is 16.1. The van der Waals surface area contributed by atoms with Crippen molar-refractivity contribution in [3.63, 3.8) is 0 Å². The monoisotopic (exact) mass is 382 g/mol. The fourth-order valence-corrected chi connectivity index (χ4v) is 3.29. The van der Waals surface area contributed by atoms with Crippen LogP contribution in [0, 0.1) is 0 Å². The normalized spacial score (nSPS) is 15.4. The third-order valence-electron chi connectivity index (χ3n) is 5.34. The number of anilines is 1. The summed E-state index contributed by atoms with van der Waals surface area (Å²) in [5.74, 6) is 1.68. The summed E-state index contributed by atoms with van der Waals surface area (Å²) in [5.41, 5.74) is 1.22. The number of hydrogen-bond donors (Lipinski definition) is 0. The lowest BCUT2D eigenvalue weighted by Crippen LogP contribution is -2.58. The predicted octanol–water partition coefficient (Wildman–Crippen LogP) is 0.836. The molecule has 1 aliphatic rings. The average molecular weight is 382 g/mol. The van der Waals surface area contributed by atoms with Crippen LogP contribution >= 0.6 is 0 Å². The van der Waals surface area contributed by atoms with Gasteiger partial charge in [0.2, 0.25) is 5.65 Å². The van der Waals surface area contributed by atoms with E-state index in [1.54, 1.807) is 17.6 Å². The van der Waals surface area contributed by atoms with Crippen molar-refractivity contribution in [3.8, 4) is 0 Å².